The highest BCUT2D eigenvalue weighted by Gasteiger charge is 2.32. The molecular weight excluding hydrogens is 335 g/mol. The number of hydrogen-bond acceptors (Lipinski definition) is 5. The predicted molar refractivity (Wildman–Crippen MR) is 72.7 cm³/mol. The third kappa shape index (κ3) is 2.51. The van der Waals surface area contributed by atoms with Crippen LogP contribution < -0.4 is 0 Å². The van der Waals surface area contributed by atoms with Gasteiger partial charge in [-0.25, -0.2) is 4.98 Å². The lowest BCUT2D eigenvalue weighted by atomic mass is 10.2. The number of nitrogens with zero attached hydrogens (tertiary/aromatic N) is 5. The number of aromatic nitrogens is 5. The molecule has 1 saturated heterocycles. The molecule has 0 aromatic carbocycles. The average Bonchev–Trinajstić information content (AvgIpc) is 3.23. The van der Waals surface area contributed by atoms with Crippen molar-refractivity contribution in [3.8, 4) is 11.4 Å². The van der Waals surface area contributed by atoms with Crippen molar-refractivity contribution in [1.29, 1.82) is 0 Å². The van der Waals surface area contributed by atoms with Crippen molar-refractivity contribution >= 4 is 17.4 Å². The van der Waals surface area contributed by atoms with E-state index in [1.165, 1.54) is 10.8 Å². The Morgan fingerprint density at radius 2 is 2.04 bits per heavy atom. The fourth-order valence-electron chi connectivity index (χ4n) is 2.16. The van der Waals surface area contributed by atoms with Gasteiger partial charge in [-0.2, -0.15) is 27.8 Å². The molecule has 4 rings (SSSR count). The summed E-state index contributed by atoms with van der Waals surface area (Å²) in [7, 11) is 0. The number of rotatable bonds is 2. The molecule has 0 radical (unpaired) electrons. The van der Waals surface area contributed by atoms with E-state index in [1.54, 1.807) is 6.07 Å². The first-order chi connectivity index (χ1) is 10.9. The maximum atomic E-state index is 12.7. The predicted octanol–water partition coefficient (Wildman–Crippen LogP) is 2.93. The van der Waals surface area contributed by atoms with Crippen LogP contribution in [0.5, 0.6) is 0 Å². The van der Waals surface area contributed by atoms with Crippen LogP contribution >= 0.6 is 11.6 Å². The van der Waals surface area contributed by atoms with Gasteiger partial charge in [0.1, 0.15) is 18.1 Å². The van der Waals surface area contributed by atoms with Gasteiger partial charge in [0, 0.05) is 6.20 Å². The van der Waals surface area contributed by atoms with E-state index >= 15 is 0 Å². The molecule has 1 fully saturated rings. The molecule has 3 aromatic rings. The molecule has 1 aliphatic rings. The molecule has 118 valence electrons. The highest BCUT2D eigenvalue weighted by atomic mass is 35.5. The van der Waals surface area contributed by atoms with Crippen LogP contribution in [0.1, 0.15) is 17.4 Å². The molecule has 10 heteroatoms. The van der Waals surface area contributed by atoms with Crippen molar-refractivity contribution in [1.82, 2.24) is 24.6 Å². The number of fused-ring (bicyclic) bond motifs is 1. The minimum Gasteiger partial charge on any atom is -0.366 e. The molecule has 0 spiro atoms. The topological polar surface area (TPSA) is 68.5 Å². The van der Waals surface area contributed by atoms with Gasteiger partial charge in [-0.1, -0.05) is 11.6 Å². The Balaban J connectivity index is 1.90. The van der Waals surface area contributed by atoms with Crippen molar-refractivity contribution in [2.24, 2.45) is 0 Å². The van der Waals surface area contributed by atoms with Gasteiger partial charge >= 0.3 is 6.18 Å². The first-order valence-corrected chi connectivity index (χ1v) is 6.86. The first-order valence-electron chi connectivity index (χ1n) is 6.49. The van der Waals surface area contributed by atoms with E-state index in [9.17, 15) is 13.2 Å². The van der Waals surface area contributed by atoms with Gasteiger partial charge in [-0.3, -0.25) is 4.98 Å². The number of alkyl halides is 3. The molecule has 0 saturated carbocycles. The van der Waals surface area contributed by atoms with Crippen LogP contribution in [-0.2, 0) is 10.9 Å². The Bertz CT molecular complexity index is 906. The minimum atomic E-state index is -4.51. The third-order valence-corrected chi connectivity index (χ3v) is 3.63. The fourth-order valence-corrected chi connectivity index (χ4v) is 2.43. The SMILES string of the molecule is FC(F)(F)c1cnc(-c2cc(C3CO3)nc3ncnn23)c(Cl)c1. The zero-order valence-corrected chi connectivity index (χ0v) is 12.0. The molecule has 1 aliphatic heterocycles. The summed E-state index contributed by atoms with van der Waals surface area (Å²) in [4.78, 5) is 12.1. The van der Waals surface area contributed by atoms with E-state index in [0.29, 0.717) is 23.8 Å². The molecule has 0 aliphatic carbocycles. The molecule has 6 nitrogen and oxygen atoms in total. The number of epoxide rings is 1. The van der Waals surface area contributed by atoms with Gasteiger partial charge in [-0.15, -0.1) is 0 Å². The molecular formula is C13H7ClF3N5O. The van der Waals surface area contributed by atoms with E-state index in [1.807, 2.05) is 0 Å². The Morgan fingerprint density at radius 1 is 1.26 bits per heavy atom. The zero-order valence-electron chi connectivity index (χ0n) is 11.3. The van der Waals surface area contributed by atoms with E-state index < -0.39 is 11.7 Å². The standard InChI is InChI=1S/C13H7ClF3N5O/c14-7-1-6(13(15,16)17)3-18-11(7)9-2-8(10-4-23-10)21-12-19-5-20-22(9)12/h1-3,5,10H,4H2. The Labute approximate surface area is 131 Å². The van der Waals surface area contributed by atoms with Crippen molar-refractivity contribution in [3.05, 3.63) is 40.9 Å². The van der Waals surface area contributed by atoms with Crippen LogP contribution in [-0.4, -0.2) is 31.2 Å². The van der Waals surface area contributed by atoms with Crippen molar-refractivity contribution in [3.63, 3.8) is 0 Å². The van der Waals surface area contributed by atoms with Crippen LogP contribution in [0, 0.1) is 0 Å². The van der Waals surface area contributed by atoms with Gasteiger partial charge < -0.3 is 4.74 Å². The Morgan fingerprint density at radius 3 is 2.70 bits per heavy atom. The number of halogens is 4. The summed E-state index contributed by atoms with van der Waals surface area (Å²) in [6, 6.07) is 2.47. The van der Waals surface area contributed by atoms with Crippen LogP contribution in [0.15, 0.2) is 24.7 Å². The van der Waals surface area contributed by atoms with Crippen LogP contribution in [0.2, 0.25) is 5.02 Å². The average molecular weight is 342 g/mol. The smallest absolute Gasteiger partial charge is 0.366 e. The number of ether oxygens (including phenoxy) is 1. The van der Waals surface area contributed by atoms with E-state index in [4.69, 9.17) is 16.3 Å². The quantitative estimate of drug-likeness (QED) is 0.670. The molecule has 1 unspecified atom stereocenters. The van der Waals surface area contributed by atoms with Crippen molar-refractivity contribution in [2.45, 2.75) is 12.3 Å². The van der Waals surface area contributed by atoms with E-state index in [0.717, 1.165) is 12.3 Å². The summed E-state index contributed by atoms with van der Waals surface area (Å²) < 4.78 is 44.7. The van der Waals surface area contributed by atoms with Gasteiger partial charge in [0.25, 0.3) is 5.78 Å². The van der Waals surface area contributed by atoms with Crippen LogP contribution in [0.3, 0.4) is 0 Å². The Kier molecular flexibility index (Phi) is 3.03. The van der Waals surface area contributed by atoms with Gasteiger partial charge in [0.05, 0.1) is 28.6 Å². The van der Waals surface area contributed by atoms with E-state index in [-0.39, 0.29) is 16.8 Å². The van der Waals surface area contributed by atoms with Gasteiger partial charge in [0.15, 0.2) is 0 Å². The monoisotopic (exact) mass is 341 g/mol. The molecule has 0 amide bonds. The van der Waals surface area contributed by atoms with Crippen molar-refractivity contribution in [2.75, 3.05) is 6.61 Å². The summed E-state index contributed by atoms with van der Waals surface area (Å²) in [5.41, 5.74) is 0.260. The highest BCUT2D eigenvalue weighted by Crippen LogP contribution is 2.35. The maximum absolute atomic E-state index is 12.7. The van der Waals surface area contributed by atoms with Crippen LogP contribution in [0.4, 0.5) is 13.2 Å². The second-order valence-electron chi connectivity index (χ2n) is 4.91. The molecule has 3 aromatic heterocycles. The largest absolute Gasteiger partial charge is 0.417 e. The van der Waals surface area contributed by atoms with Gasteiger partial charge in [0.2, 0.25) is 0 Å². The zero-order chi connectivity index (χ0) is 16.2. The van der Waals surface area contributed by atoms with Crippen LogP contribution in [0.25, 0.3) is 17.2 Å². The lowest BCUT2D eigenvalue weighted by Gasteiger charge is -2.10. The lowest BCUT2D eigenvalue weighted by Crippen LogP contribution is -2.07. The molecule has 0 N–H and O–H groups in total. The molecule has 0 bridgehead atoms. The van der Waals surface area contributed by atoms with E-state index in [2.05, 4.69) is 20.1 Å². The lowest BCUT2D eigenvalue weighted by molar-refractivity contribution is -0.137. The second kappa shape index (κ2) is 4.87. The summed E-state index contributed by atoms with van der Waals surface area (Å²) in [6.07, 6.45) is -2.63. The normalized spacial score (nSPS) is 17.7. The number of hydrogen-bond donors (Lipinski definition) is 0. The molecule has 1 atom stereocenters. The second-order valence-corrected chi connectivity index (χ2v) is 5.32. The number of pyridine rings is 1. The minimum absolute atomic E-state index is 0.134. The molecule has 23 heavy (non-hydrogen) atoms. The highest BCUT2D eigenvalue weighted by molar-refractivity contribution is 6.33. The summed E-state index contributed by atoms with van der Waals surface area (Å²) >= 11 is 6.01. The Hall–Kier alpha value is -2.26. The molecule has 4 heterocycles. The fraction of sp³-hybridized carbons (Fsp3) is 0.231. The first kappa shape index (κ1) is 14.3. The third-order valence-electron chi connectivity index (χ3n) is 3.35. The maximum Gasteiger partial charge on any atom is 0.417 e. The summed E-state index contributed by atoms with van der Waals surface area (Å²) in [5.74, 6) is 0.297. The van der Waals surface area contributed by atoms with Crippen molar-refractivity contribution < 1.29 is 17.9 Å². The summed E-state index contributed by atoms with van der Waals surface area (Å²) in [6.45, 7) is 0.533. The summed E-state index contributed by atoms with van der Waals surface area (Å²) in [5, 5.41) is 3.88. The van der Waals surface area contributed by atoms with Gasteiger partial charge in [-0.05, 0) is 12.1 Å².